The summed E-state index contributed by atoms with van der Waals surface area (Å²) in [5.41, 5.74) is -0.0267. The van der Waals surface area contributed by atoms with Crippen LogP contribution >= 0.6 is 0 Å². The van der Waals surface area contributed by atoms with E-state index in [9.17, 15) is 0 Å². The lowest BCUT2D eigenvalue weighted by Crippen LogP contribution is -2.44. The predicted molar refractivity (Wildman–Crippen MR) is 83.9 cm³/mol. The van der Waals surface area contributed by atoms with Gasteiger partial charge in [-0.15, -0.1) is 0 Å². The molecule has 0 amide bonds. The lowest BCUT2D eigenvalue weighted by atomic mass is 9.76. The molecule has 0 saturated heterocycles. The van der Waals surface area contributed by atoms with Crippen LogP contribution in [-0.4, -0.2) is 53.2 Å². The Balaban J connectivity index is 2.89. The van der Waals surface area contributed by atoms with Crippen LogP contribution in [0.2, 0.25) is 0 Å². The summed E-state index contributed by atoms with van der Waals surface area (Å²) < 4.78 is 0. The second-order valence-corrected chi connectivity index (χ2v) is 7.03. The van der Waals surface area contributed by atoms with Gasteiger partial charge in [0, 0.05) is 12.6 Å². The zero-order chi connectivity index (χ0) is 15.6. The largest absolute Gasteiger partial charge is 0.349 e. The van der Waals surface area contributed by atoms with Gasteiger partial charge in [0.05, 0.1) is 6.67 Å². The van der Waals surface area contributed by atoms with E-state index in [0.717, 1.165) is 6.67 Å². The minimum Gasteiger partial charge on any atom is -0.349 e. The molecule has 0 radical (unpaired) electrons. The van der Waals surface area contributed by atoms with E-state index in [-0.39, 0.29) is 11.0 Å². The third kappa shape index (κ3) is 4.30. The van der Waals surface area contributed by atoms with Gasteiger partial charge in [-0.1, -0.05) is 20.8 Å². The van der Waals surface area contributed by atoms with E-state index >= 15 is 0 Å². The van der Waals surface area contributed by atoms with Crippen molar-refractivity contribution in [2.75, 3.05) is 38.0 Å². The fourth-order valence-electron chi connectivity index (χ4n) is 1.49. The maximum absolute atomic E-state index is 4.49. The smallest absolute Gasteiger partial charge is 0.230 e. The molecule has 0 aromatic carbocycles. The lowest BCUT2D eigenvalue weighted by molar-refractivity contribution is 0.253. The number of hydrogen-bond donors (Lipinski definition) is 1. The summed E-state index contributed by atoms with van der Waals surface area (Å²) >= 11 is 0. The molecule has 1 heterocycles. The minimum absolute atomic E-state index is 0.0926. The van der Waals surface area contributed by atoms with Gasteiger partial charge in [-0.05, 0) is 33.4 Å². The molecule has 1 aromatic rings. The lowest BCUT2D eigenvalue weighted by Gasteiger charge is -2.39. The van der Waals surface area contributed by atoms with Gasteiger partial charge in [-0.2, -0.15) is 4.98 Å². The van der Waals surface area contributed by atoms with Crippen molar-refractivity contribution < 1.29 is 0 Å². The second kappa shape index (κ2) is 5.91. The van der Waals surface area contributed by atoms with Crippen LogP contribution in [-0.2, 0) is 0 Å². The Bertz CT molecular complexity index is 436. The summed E-state index contributed by atoms with van der Waals surface area (Å²) in [7, 11) is 5.99. The van der Waals surface area contributed by atoms with Crippen molar-refractivity contribution in [2.24, 2.45) is 5.41 Å². The molecule has 0 spiro atoms. The summed E-state index contributed by atoms with van der Waals surface area (Å²) in [5, 5.41) is 3.40. The van der Waals surface area contributed by atoms with E-state index in [1.807, 2.05) is 26.0 Å². The fourth-order valence-corrected chi connectivity index (χ4v) is 1.49. The summed E-state index contributed by atoms with van der Waals surface area (Å²) in [6.07, 6.45) is 1.55. The maximum atomic E-state index is 4.49. The number of rotatable bonds is 5. The molecule has 20 heavy (non-hydrogen) atoms. The van der Waals surface area contributed by atoms with E-state index in [4.69, 9.17) is 0 Å². The zero-order valence-electron chi connectivity index (χ0n) is 14.0. The van der Waals surface area contributed by atoms with Crippen LogP contribution in [0.1, 0.15) is 34.6 Å². The molecule has 0 aliphatic carbocycles. The normalized spacial score (nSPS) is 12.7. The molecular weight excluding hydrogens is 252 g/mol. The van der Waals surface area contributed by atoms with Gasteiger partial charge in [0.1, 0.15) is 6.33 Å². The molecule has 6 nitrogen and oxygen atoms in total. The SMILES string of the molecule is CN(C)CN(C)c1ncnc(NC(C)(C)C(C)(C)C)n1. The van der Waals surface area contributed by atoms with Crippen molar-refractivity contribution in [3.63, 3.8) is 0 Å². The number of nitrogens with one attached hydrogen (secondary N) is 1. The molecule has 0 fully saturated rings. The first-order valence-electron chi connectivity index (χ1n) is 6.86. The summed E-state index contributed by atoms with van der Waals surface area (Å²) in [6.45, 7) is 11.6. The van der Waals surface area contributed by atoms with Gasteiger partial charge in [0.15, 0.2) is 0 Å². The predicted octanol–water partition coefficient (Wildman–Crippen LogP) is 2.06. The van der Waals surface area contributed by atoms with E-state index in [1.54, 1.807) is 6.33 Å². The molecule has 114 valence electrons. The zero-order valence-corrected chi connectivity index (χ0v) is 14.0. The molecular formula is C14H28N6. The van der Waals surface area contributed by atoms with E-state index < -0.39 is 0 Å². The highest BCUT2D eigenvalue weighted by atomic mass is 15.4. The average molecular weight is 280 g/mol. The van der Waals surface area contributed by atoms with Crippen molar-refractivity contribution in [2.45, 2.75) is 40.2 Å². The third-order valence-electron chi connectivity index (χ3n) is 3.69. The van der Waals surface area contributed by atoms with Crippen molar-refractivity contribution in [3.05, 3.63) is 6.33 Å². The standard InChI is InChI=1S/C14H28N6/c1-13(2,3)14(4,5)18-11-15-9-16-12(17-11)20(8)10-19(6)7/h9H,10H2,1-8H3,(H,15,16,17,18). The molecule has 0 bridgehead atoms. The van der Waals surface area contributed by atoms with Gasteiger partial charge in [-0.3, -0.25) is 4.90 Å². The van der Waals surface area contributed by atoms with Crippen molar-refractivity contribution >= 4 is 11.9 Å². The highest BCUT2D eigenvalue weighted by molar-refractivity contribution is 5.36. The molecule has 0 atom stereocenters. The van der Waals surface area contributed by atoms with Gasteiger partial charge in [-0.25, -0.2) is 9.97 Å². The van der Waals surface area contributed by atoms with Crippen LogP contribution in [0, 0.1) is 5.41 Å². The summed E-state index contributed by atoms with van der Waals surface area (Å²) in [4.78, 5) is 17.0. The Labute approximate surface area is 122 Å². The van der Waals surface area contributed by atoms with Gasteiger partial charge >= 0.3 is 0 Å². The molecule has 1 N–H and O–H groups in total. The Kier molecular flexibility index (Phi) is 4.91. The first kappa shape index (κ1) is 16.6. The molecule has 1 rings (SSSR count). The summed E-state index contributed by atoms with van der Waals surface area (Å²) in [6, 6.07) is 0. The Morgan fingerprint density at radius 1 is 1.05 bits per heavy atom. The number of nitrogens with zero attached hydrogens (tertiary/aromatic N) is 5. The first-order chi connectivity index (χ1) is 9.03. The molecule has 6 heteroatoms. The Hall–Kier alpha value is -1.43. The molecule has 0 aliphatic rings. The van der Waals surface area contributed by atoms with Crippen molar-refractivity contribution in [1.82, 2.24) is 19.9 Å². The topological polar surface area (TPSA) is 57.2 Å². The van der Waals surface area contributed by atoms with Crippen molar-refractivity contribution in [3.8, 4) is 0 Å². The first-order valence-corrected chi connectivity index (χ1v) is 6.86. The van der Waals surface area contributed by atoms with Gasteiger partial charge < -0.3 is 10.2 Å². The van der Waals surface area contributed by atoms with E-state index in [1.165, 1.54) is 0 Å². The van der Waals surface area contributed by atoms with Crippen LogP contribution in [0.15, 0.2) is 6.33 Å². The Morgan fingerprint density at radius 3 is 2.15 bits per heavy atom. The van der Waals surface area contributed by atoms with Crippen LogP contribution in [0.5, 0.6) is 0 Å². The Morgan fingerprint density at radius 2 is 1.65 bits per heavy atom. The highest BCUT2D eigenvalue weighted by Crippen LogP contribution is 2.32. The van der Waals surface area contributed by atoms with Gasteiger partial charge in [0.25, 0.3) is 0 Å². The average Bonchev–Trinajstić information content (AvgIpc) is 2.26. The number of aromatic nitrogens is 3. The second-order valence-electron chi connectivity index (χ2n) is 7.03. The minimum atomic E-state index is -0.119. The summed E-state index contributed by atoms with van der Waals surface area (Å²) in [5.74, 6) is 1.28. The fraction of sp³-hybridized carbons (Fsp3) is 0.786. The van der Waals surface area contributed by atoms with Crippen LogP contribution in [0.4, 0.5) is 11.9 Å². The van der Waals surface area contributed by atoms with E-state index in [0.29, 0.717) is 11.9 Å². The molecule has 0 aliphatic heterocycles. The van der Waals surface area contributed by atoms with E-state index in [2.05, 4.69) is 59.8 Å². The van der Waals surface area contributed by atoms with Crippen molar-refractivity contribution in [1.29, 1.82) is 0 Å². The number of hydrogen-bond acceptors (Lipinski definition) is 6. The molecule has 0 unspecified atom stereocenters. The number of anilines is 2. The monoisotopic (exact) mass is 280 g/mol. The van der Waals surface area contributed by atoms with Crippen LogP contribution in [0.3, 0.4) is 0 Å². The van der Waals surface area contributed by atoms with Gasteiger partial charge in [0.2, 0.25) is 11.9 Å². The highest BCUT2D eigenvalue weighted by Gasteiger charge is 2.33. The molecule has 0 saturated carbocycles. The quantitative estimate of drug-likeness (QED) is 0.833. The molecule has 1 aromatic heterocycles. The maximum Gasteiger partial charge on any atom is 0.230 e. The third-order valence-corrected chi connectivity index (χ3v) is 3.69. The van der Waals surface area contributed by atoms with Crippen LogP contribution in [0.25, 0.3) is 0 Å². The van der Waals surface area contributed by atoms with Crippen LogP contribution < -0.4 is 10.2 Å².